The van der Waals surface area contributed by atoms with Crippen molar-refractivity contribution in [2.75, 3.05) is 13.2 Å². The van der Waals surface area contributed by atoms with Crippen molar-refractivity contribution in [2.24, 2.45) is 5.73 Å². The van der Waals surface area contributed by atoms with Gasteiger partial charge in [-0.1, -0.05) is 15.9 Å². The molecule has 106 valence electrons. The van der Waals surface area contributed by atoms with Crippen LogP contribution in [-0.2, 0) is 6.54 Å². The van der Waals surface area contributed by atoms with Crippen molar-refractivity contribution in [3.8, 4) is 11.5 Å². The van der Waals surface area contributed by atoms with Crippen LogP contribution < -0.4 is 15.2 Å². The highest BCUT2D eigenvalue weighted by atomic mass is 79.9. The first-order chi connectivity index (χ1) is 9.69. The second-order valence-corrected chi connectivity index (χ2v) is 5.02. The molecule has 2 aromatic carbocycles. The lowest BCUT2D eigenvalue weighted by atomic mass is 10.2. The molecule has 0 bridgehead atoms. The minimum Gasteiger partial charge on any atom is -0.490 e. The molecule has 2 aromatic rings. The first kappa shape index (κ1) is 14.8. The Kier molecular flexibility index (Phi) is 5.38. The number of halogens is 2. The van der Waals surface area contributed by atoms with Gasteiger partial charge in [-0.2, -0.15) is 0 Å². The van der Waals surface area contributed by atoms with Gasteiger partial charge in [0, 0.05) is 16.6 Å². The van der Waals surface area contributed by atoms with Crippen molar-refractivity contribution in [1.29, 1.82) is 0 Å². The van der Waals surface area contributed by atoms with Crippen molar-refractivity contribution >= 4 is 15.9 Å². The van der Waals surface area contributed by atoms with E-state index >= 15 is 0 Å². The third-order valence-electron chi connectivity index (χ3n) is 2.67. The average molecular weight is 340 g/mol. The monoisotopic (exact) mass is 339 g/mol. The van der Waals surface area contributed by atoms with Gasteiger partial charge in [-0.25, -0.2) is 4.39 Å². The Labute approximate surface area is 125 Å². The molecule has 20 heavy (non-hydrogen) atoms. The molecular weight excluding hydrogens is 325 g/mol. The summed E-state index contributed by atoms with van der Waals surface area (Å²) >= 11 is 3.36. The summed E-state index contributed by atoms with van der Waals surface area (Å²) in [6.07, 6.45) is 0. The zero-order chi connectivity index (χ0) is 14.4. The number of benzene rings is 2. The van der Waals surface area contributed by atoms with Gasteiger partial charge in [0.2, 0.25) is 0 Å². The first-order valence-corrected chi connectivity index (χ1v) is 6.98. The molecule has 2 rings (SSSR count). The molecule has 0 saturated carbocycles. The van der Waals surface area contributed by atoms with Gasteiger partial charge in [0.15, 0.2) is 0 Å². The topological polar surface area (TPSA) is 44.5 Å². The Morgan fingerprint density at radius 1 is 1.00 bits per heavy atom. The second kappa shape index (κ2) is 7.26. The van der Waals surface area contributed by atoms with Crippen LogP contribution in [0, 0.1) is 5.82 Å². The highest BCUT2D eigenvalue weighted by Crippen LogP contribution is 2.19. The summed E-state index contributed by atoms with van der Waals surface area (Å²) < 4.78 is 25.1. The Bertz CT molecular complexity index is 560. The van der Waals surface area contributed by atoms with Gasteiger partial charge < -0.3 is 15.2 Å². The molecule has 0 heterocycles. The van der Waals surface area contributed by atoms with Crippen molar-refractivity contribution < 1.29 is 13.9 Å². The fourth-order valence-corrected chi connectivity index (χ4v) is 1.95. The second-order valence-electron chi connectivity index (χ2n) is 4.11. The molecule has 0 aliphatic carbocycles. The fraction of sp³-hybridized carbons (Fsp3) is 0.200. The molecule has 0 spiro atoms. The van der Waals surface area contributed by atoms with E-state index in [9.17, 15) is 4.39 Å². The summed E-state index contributed by atoms with van der Waals surface area (Å²) in [7, 11) is 0. The maximum Gasteiger partial charge on any atom is 0.124 e. The third kappa shape index (κ3) is 4.21. The Hall–Kier alpha value is -1.59. The van der Waals surface area contributed by atoms with Crippen molar-refractivity contribution in [1.82, 2.24) is 0 Å². The van der Waals surface area contributed by atoms with Gasteiger partial charge in [-0.05, 0) is 42.5 Å². The number of hydrogen-bond donors (Lipinski definition) is 1. The molecule has 0 amide bonds. The molecule has 0 aliphatic heterocycles. The largest absolute Gasteiger partial charge is 0.490 e. The van der Waals surface area contributed by atoms with E-state index in [1.165, 1.54) is 12.1 Å². The summed E-state index contributed by atoms with van der Waals surface area (Å²) in [6.45, 7) is 1.01. The van der Waals surface area contributed by atoms with E-state index in [4.69, 9.17) is 15.2 Å². The molecular formula is C15H15BrFNO2. The lowest BCUT2D eigenvalue weighted by molar-refractivity contribution is 0.216. The lowest BCUT2D eigenvalue weighted by Gasteiger charge is -2.11. The van der Waals surface area contributed by atoms with Crippen LogP contribution in [0.5, 0.6) is 11.5 Å². The highest BCUT2D eigenvalue weighted by Gasteiger charge is 2.04. The van der Waals surface area contributed by atoms with E-state index in [2.05, 4.69) is 15.9 Å². The molecule has 3 nitrogen and oxygen atoms in total. The summed E-state index contributed by atoms with van der Waals surface area (Å²) in [5.41, 5.74) is 6.19. The quantitative estimate of drug-likeness (QED) is 0.819. The van der Waals surface area contributed by atoms with E-state index < -0.39 is 0 Å². The molecule has 5 heteroatoms. The maximum atomic E-state index is 13.0. The van der Waals surface area contributed by atoms with Gasteiger partial charge in [0.25, 0.3) is 0 Å². The van der Waals surface area contributed by atoms with Crippen LogP contribution in [0.1, 0.15) is 5.56 Å². The van der Waals surface area contributed by atoms with Gasteiger partial charge in [-0.3, -0.25) is 0 Å². The molecule has 2 N–H and O–H groups in total. The minimum absolute atomic E-state index is 0.237. The minimum atomic E-state index is -0.316. The summed E-state index contributed by atoms with van der Waals surface area (Å²) in [6, 6.07) is 11.9. The smallest absolute Gasteiger partial charge is 0.124 e. The molecule has 0 atom stereocenters. The molecule has 0 saturated heterocycles. The Morgan fingerprint density at radius 3 is 2.40 bits per heavy atom. The number of ether oxygens (including phenoxy) is 2. The maximum absolute atomic E-state index is 13.0. The molecule has 0 radical (unpaired) electrons. The third-order valence-corrected chi connectivity index (χ3v) is 3.19. The lowest BCUT2D eigenvalue weighted by Crippen LogP contribution is -2.11. The normalized spacial score (nSPS) is 10.3. The van der Waals surface area contributed by atoms with Crippen molar-refractivity contribution in [3.05, 3.63) is 58.3 Å². The number of hydrogen-bond acceptors (Lipinski definition) is 3. The van der Waals surface area contributed by atoms with Crippen LogP contribution in [0.25, 0.3) is 0 Å². The zero-order valence-corrected chi connectivity index (χ0v) is 12.4. The Morgan fingerprint density at radius 2 is 1.70 bits per heavy atom. The number of rotatable bonds is 6. The van der Waals surface area contributed by atoms with Crippen LogP contribution in [0.4, 0.5) is 4.39 Å². The number of nitrogens with two attached hydrogens (primary N) is 1. The average Bonchev–Trinajstić information content (AvgIpc) is 2.46. The summed E-state index contributed by atoms with van der Waals surface area (Å²) in [4.78, 5) is 0. The van der Waals surface area contributed by atoms with E-state index in [-0.39, 0.29) is 12.4 Å². The van der Waals surface area contributed by atoms with E-state index in [0.717, 1.165) is 10.2 Å². The van der Waals surface area contributed by atoms with Crippen molar-refractivity contribution in [3.63, 3.8) is 0 Å². The summed E-state index contributed by atoms with van der Waals surface area (Å²) in [5.74, 6) is 1.05. The van der Waals surface area contributed by atoms with Gasteiger partial charge in [0.05, 0.1) is 0 Å². The van der Waals surface area contributed by atoms with E-state index in [1.807, 2.05) is 24.3 Å². The molecule has 0 aromatic heterocycles. The van der Waals surface area contributed by atoms with Gasteiger partial charge in [0.1, 0.15) is 30.5 Å². The summed E-state index contributed by atoms with van der Waals surface area (Å²) in [5, 5.41) is 0. The predicted octanol–water partition coefficient (Wildman–Crippen LogP) is 3.50. The predicted molar refractivity (Wildman–Crippen MR) is 79.4 cm³/mol. The van der Waals surface area contributed by atoms with Crippen LogP contribution in [0.3, 0.4) is 0 Å². The molecule has 0 fully saturated rings. The fourth-order valence-electron chi connectivity index (χ4n) is 1.69. The molecule has 0 aliphatic rings. The van der Waals surface area contributed by atoms with Crippen LogP contribution in [-0.4, -0.2) is 13.2 Å². The molecule has 0 unspecified atom stereocenters. The first-order valence-electron chi connectivity index (χ1n) is 6.18. The Balaban J connectivity index is 1.82. The zero-order valence-electron chi connectivity index (χ0n) is 10.8. The van der Waals surface area contributed by atoms with E-state index in [0.29, 0.717) is 24.5 Å². The SMILES string of the molecule is NCc1cc(F)ccc1OCCOc1ccc(Br)cc1. The van der Waals surface area contributed by atoms with Gasteiger partial charge in [-0.15, -0.1) is 0 Å². The van der Waals surface area contributed by atoms with Crippen LogP contribution in [0.2, 0.25) is 0 Å². The standard InChI is InChI=1S/C15H15BrFNO2/c16-12-1-4-14(5-2-12)19-7-8-20-15-6-3-13(17)9-11(15)10-18/h1-6,9H,7-8,10,18H2. The van der Waals surface area contributed by atoms with E-state index in [1.54, 1.807) is 6.07 Å². The highest BCUT2D eigenvalue weighted by molar-refractivity contribution is 9.10. The van der Waals surface area contributed by atoms with Gasteiger partial charge >= 0.3 is 0 Å². The van der Waals surface area contributed by atoms with Crippen molar-refractivity contribution in [2.45, 2.75) is 6.54 Å². The van der Waals surface area contributed by atoms with Crippen LogP contribution in [0.15, 0.2) is 46.9 Å². The van der Waals surface area contributed by atoms with Crippen LogP contribution >= 0.6 is 15.9 Å².